The first-order valence-corrected chi connectivity index (χ1v) is 11.7. The maximum absolute atomic E-state index is 12.9. The Hall–Kier alpha value is -1.60. The molecule has 0 radical (unpaired) electrons. The van der Waals surface area contributed by atoms with Crippen LogP contribution in [0.25, 0.3) is 0 Å². The third-order valence-electron chi connectivity index (χ3n) is 6.62. The lowest BCUT2D eigenvalue weighted by atomic mass is 9.53. The van der Waals surface area contributed by atoms with Gasteiger partial charge in [0.15, 0.2) is 0 Å². The molecule has 0 saturated heterocycles. The van der Waals surface area contributed by atoms with Crippen molar-refractivity contribution >= 4 is 21.6 Å². The molecule has 5 rings (SSSR count). The molecule has 0 heterocycles. The summed E-state index contributed by atoms with van der Waals surface area (Å²) < 4.78 is 28.1. The van der Waals surface area contributed by atoms with Gasteiger partial charge in [0.25, 0.3) is 0 Å². The third-order valence-corrected chi connectivity index (χ3v) is 8.32. The molecule has 0 atom stereocenters. The average molecular weight is 406 g/mol. The second-order valence-electron chi connectivity index (χ2n) is 9.98. The highest BCUT2D eigenvalue weighted by molar-refractivity contribution is 7.89. The summed E-state index contributed by atoms with van der Waals surface area (Å²) in [7, 11) is -3.75. The van der Waals surface area contributed by atoms with Gasteiger partial charge in [-0.3, -0.25) is 4.79 Å². The summed E-state index contributed by atoms with van der Waals surface area (Å²) >= 11 is 0. The Bertz CT molecular complexity index is 843. The maximum atomic E-state index is 12.9. The lowest BCUT2D eigenvalue weighted by Gasteiger charge is -2.57. The zero-order valence-electron chi connectivity index (χ0n) is 16.7. The van der Waals surface area contributed by atoms with Crippen molar-refractivity contribution in [2.24, 2.45) is 17.8 Å². The van der Waals surface area contributed by atoms with Crippen LogP contribution in [0.15, 0.2) is 29.2 Å². The Labute approximate surface area is 167 Å². The second-order valence-corrected chi connectivity index (χ2v) is 11.7. The Balaban J connectivity index is 1.41. The van der Waals surface area contributed by atoms with Gasteiger partial charge in [-0.25, -0.2) is 13.1 Å². The van der Waals surface area contributed by atoms with Gasteiger partial charge in [-0.1, -0.05) is 6.07 Å². The molecule has 1 aromatic rings. The molecule has 4 bridgehead atoms. The van der Waals surface area contributed by atoms with Crippen LogP contribution in [0.2, 0.25) is 0 Å². The summed E-state index contributed by atoms with van der Waals surface area (Å²) in [6.07, 6.45) is 7.32. The molecular weight excluding hydrogens is 374 g/mol. The van der Waals surface area contributed by atoms with E-state index in [0.29, 0.717) is 5.69 Å². The van der Waals surface area contributed by atoms with Gasteiger partial charge < -0.3 is 11.1 Å². The van der Waals surface area contributed by atoms with Gasteiger partial charge in [0.1, 0.15) is 0 Å². The van der Waals surface area contributed by atoms with E-state index in [4.69, 9.17) is 5.73 Å². The van der Waals surface area contributed by atoms with Crippen molar-refractivity contribution in [2.45, 2.75) is 74.8 Å². The van der Waals surface area contributed by atoms with Crippen molar-refractivity contribution in [1.29, 1.82) is 0 Å². The number of nitrogens with one attached hydrogen (secondary N) is 2. The normalized spacial score (nSPS) is 31.7. The highest BCUT2D eigenvalue weighted by Crippen LogP contribution is 2.55. The van der Waals surface area contributed by atoms with E-state index in [1.54, 1.807) is 26.0 Å². The number of nitrogens with two attached hydrogens (primary N) is 1. The van der Waals surface area contributed by atoms with E-state index in [0.717, 1.165) is 37.0 Å². The van der Waals surface area contributed by atoms with E-state index in [1.165, 1.54) is 31.4 Å². The van der Waals surface area contributed by atoms with Crippen molar-refractivity contribution in [3.8, 4) is 0 Å². The molecule has 4 aliphatic rings. The predicted octanol–water partition coefficient (Wildman–Crippen LogP) is 2.80. The van der Waals surface area contributed by atoms with Crippen LogP contribution in [-0.2, 0) is 14.8 Å². The second kappa shape index (κ2) is 6.73. The van der Waals surface area contributed by atoms with E-state index >= 15 is 0 Å². The summed E-state index contributed by atoms with van der Waals surface area (Å²) in [5.74, 6) is 2.19. The minimum atomic E-state index is -3.75. The fourth-order valence-electron chi connectivity index (χ4n) is 6.15. The third kappa shape index (κ3) is 4.06. The number of rotatable bonds is 6. The molecule has 28 heavy (non-hydrogen) atoms. The van der Waals surface area contributed by atoms with Crippen LogP contribution in [0.5, 0.6) is 0 Å². The SMILES string of the molecule is CC(C)(CC(=O)NC12CC3CC(CC(C3)C1)C2)NS(=O)(=O)c1cccc(N)c1. The first-order valence-electron chi connectivity index (χ1n) is 10.2. The topological polar surface area (TPSA) is 101 Å². The van der Waals surface area contributed by atoms with Gasteiger partial charge in [-0.05, 0) is 88.3 Å². The van der Waals surface area contributed by atoms with Crippen LogP contribution in [0, 0.1) is 17.8 Å². The van der Waals surface area contributed by atoms with Gasteiger partial charge in [-0.15, -0.1) is 0 Å². The van der Waals surface area contributed by atoms with E-state index < -0.39 is 15.6 Å². The van der Waals surface area contributed by atoms with Crippen LogP contribution in [0.4, 0.5) is 5.69 Å². The number of nitrogen functional groups attached to an aromatic ring is 1. The monoisotopic (exact) mass is 405 g/mol. The van der Waals surface area contributed by atoms with Crippen LogP contribution in [0.1, 0.15) is 58.8 Å². The van der Waals surface area contributed by atoms with Gasteiger partial charge in [0.05, 0.1) is 4.90 Å². The number of anilines is 1. The quantitative estimate of drug-likeness (QED) is 0.634. The van der Waals surface area contributed by atoms with E-state index in [-0.39, 0.29) is 22.8 Å². The lowest BCUT2D eigenvalue weighted by molar-refractivity contribution is -0.127. The Morgan fingerprint density at radius 1 is 1.14 bits per heavy atom. The molecule has 0 spiro atoms. The molecule has 0 aliphatic heterocycles. The van der Waals surface area contributed by atoms with E-state index in [9.17, 15) is 13.2 Å². The molecule has 1 aromatic carbocycles. The standard InChI is InChI=1S/C21H31N3O3S/c1-20(2,24-28(26,27)18-5-3-4-17(22)9-18)13-19(25)23-21-10-14-6-15(11-21)8-16(7-14)12-21/h3-5,9,14-16,24H,6-8,10-13,22H2,1-2H3,(H,23,25). The lowest BCUT2D eigenvalue weighted by Crippen LogP contribution is -2.60. The molecule has 154 valence electrons. The molecule has 4 saturated carbocycles. The summed E-state index contributed by atoms with van der Waals surface area (Å²) in [5.41, 5.74) is 5.14. The maximum Gasteiger partial charge on any atom is 0.241 e. The number of hydrogen-bond acceptors (Lipinski definition) is 4. The number of sulfonamides is 1. The minimum Gasteiger partial charge on any atom is -0.399 e. The van der Waals surface area contributed by atoms with Crippen molar-refractivity contribution in [2.75, 3.05) is 5.73 Å². The minimum absolute atomic E-state index is 0.0608. The van der Waals surface area contributed by atoms with Gasteiger partial charge in [0.2, 0.25) is 15.9 Å². The fourth-order valence-corrected chi connectivity index (χ4v) is 7.61. The van der Waals surface area contributed by atoms with Gasteiger partial charge >= 0.3 is 0 Å². The number of carbonyl (C=O) groups excluding carboxylic acids is 1. The van der Waals surface area contributed by atoms with Gasteiger partial charge in [-0.2, -0.15) is 0 Å². The van der Waals surface area contributed by atoms with Crippen LogP contribution in [0.3, 0.4) is 0 Å². The Kier molecular flexibility index (Phi) is 4.74. The van der Waals surface area contributed by atoms with Crippen molar-refractivity contribution in [1.82, 2.24) is 10.0 Å². The van der Waals surface area contributed by atoms with Crippen LogP contribution < -0.4 is 15.8 Å². The number of hydrogen-bond donors (Lipinski definition) is 3. The number of carbonyl (C=O) groups is 1. The molecule has 4 aliphatic carbocycles. The molecule has 4 N–H and O–H groups in total. The molecule has 0 aromatic heterocycles. The molecule has 1 amide bonds. The summed E-state index contributed by atoms with van der Waals surface area (Å²) in [6.45, 7) is 3.49. The van der Waals surface area contributed by atoms with Crippen molar-refractivity contribution in [3.05, 3.63) is 24.3 Å². The first kappa shape index (κ1) is 19.7. The predicted molar refractivity (Wildman–Crippen MR) is 109 cm³/mol. The highest BCUT2D eigenvalue weighted by Gasteiger charge is 2.51. The first-order chi connectivity index (χ1) is 13.0. The number of benzene rings is 1. The summed E-state index contributed by atoms with van der Waals surface area (Å²) in [4.78, 5) is 13.0. The molecule has 6 nitrogen and oxygen atoms in total. The molecular formula is C21H31N3O3S. The Morgan fingerprint density at radius 2 is 1.71 bits per heavy atom. The fraction of sp³-hybridized carbons (Fsp3) is 0.667. The molecule has 0 unspecified atom stereocenters. The van der Waals surface area contributed by atoms with E-state index in [1.807, 2.05) is 0 Å². The summed E-state index contributed by atoms with van der Waals surface area (Å²) in [5, 5.41) is 3.32. The Morgan fingerprint density at radius 3 is 2.25 bits per heavy atom. The van der Waals surface area contributed by atoms with Crippen molar-refractivity contribution < 1.29 is 13.2 Å². The zero-order valence-corrected chi connectivity index (χ0v) is 17.5. The smallest absolute Gasteiger partial charge is 0.241 e. The largest absolute Gasteiger partial charge is 0.399 e. The van der Waals surface area contributed by atoms with Gasteiger partial charge in [0, 0.05) is 23.2 Å². The van der Waals surface area contributed by atoms with Crippen molar-refractivity contribution in [3.63, 3.8) is 0 Å². The van der Waals surface area contributed by atoms with Crippen LogP contribution in [-0.4, -0.2) is 25.4 Å². The average Bonchev–Trinajstić information content (AvgIpc) is 2.50. The van der Waals surface area contributed by atoms with E-state index in [2.05, 4.69) is 10.0 Å². The summed E-state index contributed by atoms with van der Waals surface area (Å²) in [6, 6.07) is 6.18. The highest BCUT2D eigenvalue weighted by atomic mass is 32.2. The molecule has 7 heteroatoms. The molecule has 4 fully saturated rings. The number of amides is 1. The van der Waals surface area contributed by atoms with Crippen LogP contribution >= 0.6 is 0 Å². The zero-order chi connectivity index (χ0) is 20.2.